The number of carbonyl (C=O) groups excluding carboxylic acids is 1. The van der Waals surface area contributed by atoms with Gasteiger partial charge in [-0.05, 0) is 54.8 Å². The molecule has 1 amide bonds. The third-order valence-corrected chi connectivity index (χ3v) is 12.8. The fraction of sp³-hybridized carbons (Fsp3) is 0.552. The lowest BCUT2D eigenvalue weighted by molar-refractivity contribution is -0.135. The molecule has 5 nitrogen and oxygen atoms in total. The van der Waals surface area contributed by atoms with Gasteiger partial charge in [-0.2, -0.15) is 0 Å². The van der Waals surface area contributed by atoms with Gasteiger partial charge in [-0.1, -0.05) is 67.7 Å². The highest BCUT2D eigenvalue weighted by Crippen LogP contribution is 2.46. The van der Waals surface area contributed by atoms with Crippen molar-refractivity contribution in [3.63, 3.8) is 0 Å². The number of methoxy groups -OCH3 is 1. The van der Waals surface area contributed by atoms with Crippen LogP contribution in [0.3, 0.4) is 0 Å². The lowest BCUT2D eigenvalue weighted by Crippen LogP contribution is -2.51. The van der Waals surface area contributed by atoms with E-state index in [0.29, 0.717) is 17.9 Å². The molecule has 6 heteroatoms. The second-order valence-corrected chi connectivity index (χ2v) is 15.5. The molecule has 0 radical (unpaired) electrons. The first-order valence-corrected chi connectivity index (χ1v) is 16.2. The maximum Gasteiger partial charge on any atom is 0.225 e. The van der Waals surface area contributed by atoms with E-state index in [1.54, 1.807) is 7.11 Å². The van der Waals surface area contributed by atoms with Crippen molar-refractivity contribution in [3.05, 3.63) is 60.2 Å². The molecule has 0 saturated carbocycles. The number of rotatable bonds is 9. The number of aryl methyl sites for hydroxylation is 1. The van der Waals surface area contributed by atoms with E-state index in [-0.39, 0.29) is 30.8 Å². The maximum absolute atomic E-state index is 13.4. The molecule has 0 aliphatic carbocycles. The molecule has 2 aromatic rings. The van der Waals surface area contributed by atoms with Gasteiger partial charge in [0.15, 0.2) is 0 Å². The zero-order valence-electron chi connectivity index (χ0n) is 21.7. The van der Waals surface area contributed by atoms with Crippen molar-refractivity contribution in [2.24, 2.45) is 5.92 Å². The summed E-state index contributed by atoms with van der Waals surface area (Å²) in [6.07, 6.45) is 4.24. The van der Waals surface area contributed by atoms with Gasteiger partial charge in [-0.25, -0.2) is 0 Å². The van der Waals surface area contributed by atoms with Crippen molar-refractivity contribution in [3.8, 4) is 5.75 Å². The van der Waals surface area contributed by atoms with Gasteiger partial charge < -0.3 is 19.5 Å². The van der Waals surface area contributed by atoms with Crippen molar-refractivity contribution in [1.82, 2.24) is 4.90 Å². The number of aliphatic hydroxyl groups excluding tert-OH is 1. The Morgan fingerprint density at radius 1 is 1.11 bits per heavy atom. The Morgan fingerprint density at radius 3 is 2.49 bits per heavy atom. The Bertz CT molecular complexity index is 964. The van der Waals surface area contributed by atoms with Crippen LogP contribution in [0.5, 0.6) is 5.75 Å². The Labute approximate surface area is 211 Å². The summed E-state index contributed by atoms with van der Waals surface area (Å²) in [4.78, 5) is 15.3. The molecule has 190 valence electrons. The predicted octanol–water partition coefficient (Wildman–Crippen LogP) is 4.39. The second kappa shape index (κ2) is 11.3. The van der Waals surface area contributed by atoms with E-state index in [0.717, 1.165) is 38.0 Å². The third kappa shape index (κ3) is 5.65. The smallest absolute Gasteiger partial charge is 0.225 e. The predicted molar refractivity (Wildman–Crippen MR) is 143 cm³/mol. The largest absolute Gasteiger partial charge is 0.497 e. The molecule has 2 aliphatic heterocycles. The van der Waals surface area contributed by atoms with Gasteiger partial charge in [-0.15, -0.1) is 0 Å². The van der Waals surface area contributed by atoms with Crippen LogP contribution in [0.15, 0.2) is 54.6 Å². The number of carbonyl (C=O) groups is 1. The first kappa shape index (κ1) is 25.9. The van der Waals surface area contributed by atoms with Gasteiger partial charge >= 0.3 is 0 Å². The Morgan fingerprint density at radius 2 is 1.83 bits per heavy atom. The van der Waals surface area contributed by atoms with E-state index in [9.17, 15) is 9.90 Å². The van der Waals surface area contributed by atoms with Crippen LogP contribution in [0.1, 0.15) is 38.2 Å². The monoisotopic (exact) mass is 495 g/mol. The molecule has 2 heterocycles. The molecule has 0 unspecified atom stereocenters. The first-order valence-electron chi connectivity index (χ1n) is 13.1. The van der Waals surface area contributed by atoms with E-state index in [4.69, 9.17) is 9.47 Å². The van der Waals surface area contributed by atoms with Crippen molar-refractivity contribution in [2.75, 3.05) is 20.3 Å². The van der Waals surface area contributed by atoms with Crippen LogP contribution in [-0.2, 0) is 16.0 Å². The van der Waals surface area contributed by atoms with Crippen molar-refractivity contribution < 1.29 is 19.4 Å². The standard InChI is InChI=1S/C29H41NO4Si/c1-21-26(17-12-22-9-6-5-7-10-22)34-27(19-28(32)30-18-8-11-23(30)20-31)29(21)35(3,4)25-15-13-24(33-2)14-16-25/h5-7,9-10,13-16,21,23,26-27,29,31H,8,11-12,17-20H2,1-4H3/t21-,23+,26+,27-,29+/m1/s1. The Balaban J connectivity index is 1.56. The summed E-state index contributed by atoms with van der Waals surface area (Å²) >= 11 is 0. The molecule has 0 bridgehead atoms. The van der Waals surface area contributed by atoms with Gasteiger partial charge in [0.1, 0.15) is 5.75 Å². The first-order chi connectivity index (χ1) is 16.8. The average Bonchev–Trinajstić information content (AvgIpc) is 3.47. The number of benzene rings is 2. The maximum atomic E-state index is 13.4. The quantitative estimate of drug-likeness (QED) is 0.524. The van der Waals surface area contributed by atoms with Gasteiger partial charge in [-0.3, -0.25) is 4.79 Å². The molecule has 2 saturated heterocycles. The molecule has 2 aliphatic rings. The van der Waals surface area contributed by atoms with E-state index in [1.165, 1.54) is 10.8 Å². The number of ether oxygens (including phenoxy) is 2. The summed E-state index contributed by atoms with van der Waals surface area (Å²) < 4.78 is 12.2. The number of hydrogen-bond acceptors (Lipinski definition) is 4. The summed E-state index contributed by atoms with van der Waals surface area (Å²) in [5.74, 6) is 1.37. The van der Waals surface area contributed by atoms with E-state index in [2.05, 4.69) is 62.5 Å². The lowest BCUT2D eigenvalue weighted by atomic mass is 9.95. The molecule has 2 aromatic carbocycles. The highest BCUT2D eigenvalue weighted by Gasteiger charge is 2.51. The van der Waals surface area contributed by atoms with Crippen molar-refractivity contribution >= 4 is 19.2 Å². The molecule has 0 aromatic heterocycles. The van der Waals surface area contributed by atoms with Crippen LogP contribution in [0.25, 0.3) is 0 Å². The Kier molecular flexibility index (Phi) is 8.35. The third-order valence-electron chi connectivity index (χ3n) is 8.41. The second-order valence-electron chi connectivity index (χ2n) is 10.8. The fourth-order valence-electron chi connectivity index (χ4n) is 6.44. The topological polar surface area (TPSA) is 59.0 Å². The zero-order valence-corrected chi connectivity index (χ0v) is 22.7. The van der Waals surface area contributed by atoms with E-state index < -0.39 is 8.07 Å². The highest BCUT2D eigenvalue weighted by molar-refractivity contribution is 6.91. The van der Waals surface area contributed by atoms with Gasteiger partial charge in [0, 0.05) is 6.54 Å². The summed E-state index contributed by atoms with van der Waals surface area (Å²) in [6.45, 7) is 7.96. The van der Waals surface area contributed by atoms with Crippen molar-refractivity contribution in [2.45, 2.75) is 75.9 Å². The molecule has 35 heavy (non-hydrogen) atoms. The van der Waals surface area contributed by atoms with E-state index in [1.807, 2.05) is 17.0 Å². The molecular weight excluding hydrogens is 454 g/mol. The van der Waals surface area contributed by atoms with Crippen LogP contribution < -0.4 is 9.92 Å². The van der Waals surface area contributed by atoms with Crippen LogP contribution in [-0.4, -0.2) is 62.5 Å². The summed E-state index contributed by atoms with van der Waals surface area (Å²) in [5, 5.41) is 11.1. The lowest BCUT2D eigenvalue weighted by Gasteiger charge is -2.36. The number of amides is 1. The van der Waals surface area contributed by atoms with Crippen molar-refractivity contribution in [1.29, 1.82) is 0 Å². The van der Waals surface area contributed by atoms with Gasteiger partial charge in [0.05, 0.1) is 46.5 Å². The average molecular weight is 496 g/mol. The van der Waals surface area contributed by atoms with Gasteiger partial charge in [0.2, 0.25) is 5.91 Å². The normalized spacial score (nSPS) is 26.8. The minimum absolute atomic E-state index is 0.0412. The number of likely N-dealkylation sites (tertiary alicyclic amines) is 1. The fourth-order valence-corrected chi connectivity index (χ4v) is 10.5. The van der Waals surface area contributed by atoms with Crippen LogP contribution in [0.4, 0.5) is 0 Å². The Hall–Kier alpha value is -2.15. The van der Waals surface area contributed by atoms with E-state index >= 15 is 0 Å². The summed E-state index contributed by atoms with van der Waals surface area (Å²) in [6, 6.07) is 19.1. The highest BCUT2D eigenvalue weighted by atomic mass is 28.3. The number of nitrogens with zero attached hydrogens (tertiary/aromatic N) is 1. The van der Waals surface area contributed by atoms with Crippen LogP contribution in [0, 0.1) is 5.92 Å². The molecule has 4 rings (SSSR count). The molecule has 2 fully saturated rings. The summed E-state index contributed by atoms with van der Waals surface area (Å²) in [7, 11) is -0.295. The SMILES string of the molecule is COc1ccc([Si](C)(C)[C@H]2[C@H](C)[C@H](CCc3ccccc3)O[C@@H]2CC(=O)N2CCC[C@H]2CO)cc1. The van der Waals surface area contributed by atoms with Crippen LogP contribution in [0.2, 0.25) is 18.6 Å². The number of hydrogen-bond donors (Lipinski definition) is 1. The molecule has 1 N–H and O–H groups in total. The molecular formula is C29H41NO4Si. The minimum Gasteiger partial charge on any atom is -0.497 e. The molecule has 5 atom stereocenters. The van der Waals surface area contributed by atoms with Crippen LogP contribution >= 0.6 is 0 Å². The summed E-state index contributed by atoms with van der Waals surface area (Å²) in [5.41, 5.74) is 1.66. The van der Waals surface area contributed by atoms with Gasteiger partial charge in [0.25, 0.3) is 0 Å². The number of aliphatic hydroxyl groups is 1. The minimum atomic E-state index is -1.99. The zero-order chi connectivity index (χ0) is 25.0. The molecule has 0 spiro atoms.